The van der Waals surface area contributed by atoms with Crippen molar-refractivity contribution in [2.45, 2.75) is 32.2 Å². The molecule has 2 rings (SSSR count). The highest BCUT2D eigenvalue weighted by Gasteiger charge is 2.32. The SMILES string of the molecule is CC1(C)CCCN1CC(=O)Nc1ccc(N)cc1Cl. The maximum atomic E-state index is 12.1. The summed E-state index contributed by atoms with van der Waals surface area (Å²) in [4.78, 5) is 14.3. The molecule has 1 aromatic carbocycles. The van der Waals surface area contributed by atoms with Crippen LogP contribution in [0.15, 0.2) is 18.2 Å². The first-order chi connectivity index (χ1) is 8.88. The minimum Gasteiger partial charge on any atom is -0.399 e. The van der Waals surface area contributed by atoms with Crippen LogP contribution in [0, 0.1) is 0 Å². The van der Waals surface area contributed by atoms with Gasteiger partial charge in [0.15, 0.2) is 0 Å². The summed E-state index contributed by atoms with van der Waals surface area (Å²) in [7, 11) is 0. The van der Waals surface area contributed by atoms with E-state index in [1.54, 1.807) is 18.2 Å². The van der Waals surface area contributed by atoms with Crippen molar-refractivity contribution in [3.05, 3.63) is 23.2 Å². The Morgan fingerprint density at radius 3 is 2.84 bits per heavy atom. The summed E-state index contributed by atoms with van der Waals surface area (Å²) in [6.07, 6.45) is 2.27. The summed E-state index contributed by atoms with van der Waals surface area (Å²) in [6, 6.07) is 5.09. The molecule has 1 aliphatic rings. The molecular weight excluding hydrogens is 262 g/mol. The second-order valence-electron chi connectivity index (χ2n) is 5.63. The van der Waals surface area contributed by atoms with E-state index in [2.05, 4.69) is 24.1 Å². The van der Waals surface area contributed by atoms with Gasteiger partial charge in [0.25, 0.3) is 0 Å². The van der Waals surface area contributed by atoms with Gasteiger partial charge in [-0.05, 0) is 51.4 Å². The first kappa shape index (κ1) is 14.2. The highest BCUT2D eigenvalue weighted by molar-refractivity contribution is 6.34. The summed E-state index contributed by atoms with van der Waals surface area (Å²) >= 11 is 6.04. The van der Waals surface area contributed by atoms with Gasteiger partial charge in [-0.15, -0.1) is 0 Å². The number of hydrogen-bond donors (Lipinski definition) is 2. The molecule has 0 aliphatic carbocycles. The Labute approximate surface area is 118 Å². The van der Waals surface area contributed by atoms with Gasteiger partial charge in [-0.3, -0.25) is 9.69 Å². The molecule has 0 radical (unpaired) electrons. The molecule has 0 aromatic heterocycles. The summed E-state index contributed by atoms with van der Waals surface area (Å²) in [6.45, 7) is 5.70. The third-order valence-corrected chi connectivity index (χ3v) is 3.99. The maximum Gasteiger partial charge on any atom is 0.238 e. The van der Waals surface area contributed by atoms with Crippen LogP contribution in [0.5, 0.6) is 0 Å². The molecule has 1 aromatic rings. The standard InChI is InChI=1S/C14H20ClN3O/c1-14(2)6-3-7-18(14)9-13(19)17-12-5-4-10(16)8-11(12)15/h4-5,8H,3,6-7,9,16H2,1-2H3,(H,17,19). The minimum atomic E-state index is -0.0401. The number of amides is 1. The fourth-order valence-electron chi connectivity index (χ4n) is 2.45. The summed E-state index contributed by atoms with van der Waals surface area (Å²) in [5, 5.41) is 3.30. The number of carbonyl (C=O) groups excluding carboxylic acids is 1. The van der Waals surface area contributed by atoms with Crippen molar-refractivity contribution in [2.24, 2.45) is 0 Å². The van der Waals surface area contributed by atoms with E-state index < -0.39 is 0 Å². The molecule has 0 unspecified atom stereocenters. The van der Waals surface area contributed by atoms with Crippen molar-refractivity contribution in [3.8, 4) is 0 Å². The van der Waals surface area contributed by atoms with Gasteiger partial charge < -0.3 is 11.1 Å². The van der Waals surface area contributed by atoms with E-state index in [1.807, 2.05) is 0 Å². The van der Waals surface area contributed by atoms with Crippen LogP contribution in [-0.2, 0) is 4.79 Å². The van der Waals surface area contributed by atoms with Gasteiger partial charge in [-0.25, -0.2) is 0 Å². The van der Waals surface area contributed by atoms with Crippen molar-refractivity contribution < 1.29 is 4.79 Å². The number of nitrogens with two attached hydrogens (primary N) is 1. The zero-order valence-electron chi connectivity index (χ0n) is 11.4. The van der Waals surface area contributed by atoms with E-state index in [0.717, 1.165) is 19.4 Å². The Bertz CT molecular complexity index is 488. The average molecular weight is 282 g/mol. The van der Waals surface area contributed by atoms with E-state index in [-0.39, 0.29) is 11.4 Å². The molecule has 3 N–H and O–H groups in total. The van der Waals surface area contributed by atoms with Gasteiger partial charge >= 0.3 is 0 Å². The Balaban J connectivity index is 1.98. The fraction of sp³-hybridized carbons (Fsp3) is 0.500. The molecule has 1 aliphatic heterocycles. The van der Waals surface area contributed by atoms with E-state index in [1.165, 1.54) is 0 Å². The van der Waals surface area contributed by atoms with Crippen molar-refractivity contribution >= 4 is 28.9 Å². The number of anilines is 2. The molecule has 1 heterocycles. The van der Waals surface area contributed by atoms with Crippen LogP contribution in [0.4, 0.5) is 11.4 Å². The molecule has 0 saturated carbocycles. The van der Waals surface area contributed by atoms with Crippen LogP contribution < -0.4 is 11.1 Å². The third kappa shape index (κ3) is 3.39. The normalized spacial score (nSPS) is 18.5. The molecule has 1 saturated heterocycles. The number of nitrogen functional groups attached to an aromatic ring is 1. The Hall–Kier alpha value is -1.26. The van der Waals surface area contributed by atoms with E-state index in [0.29, 0.717) is 22.9 Å². The Kier molecular flexibility index (Phi) is 4.02. The average Bonchev–Trinajstić information content (AvgIpc) is 2.62. The van der Waals surface area contributed by atoms with Crippen molar-refractivity contribution in [3.63, 3.8) is 0 Å². The first-order valence-electron chi connectivity index (χ1n) is 6.48. The highest BCUT2D eigenvalue weighted by Crippen LogP contribution is 2.28. The quantitative estimate of drug-likeness (QED) is 0.838. The zero-order valence-corrected chi connectivity index (χ0v) is 12.1. The van der Waals surface area contributed by atoms with E-state index >= 15 is 0 Å². The minimum absolute atomic E-state index is 0.0401. The Morgan fingerprint density at radius 2 is 2.26 bits per heavy atom. The number of rotatable bonds is 3. The number of likely N-dealkylation sites (tertiary alicyclic amines) is 1. The van der Waals surface area contributed by atoms with Gasteiger partial charge in [-0.2, -0.15) is 0 Å². The van der Waals surface area contributed by atoms with Gasteiger partial charge in [0.2, 0.25) is 5.91 Å². The smallest absolute Gasteiger partial charge is 0.238 e. The summed E-state index contributed by atoms with van der Waals surface area (Å²) in [5.74, 6) is -0.0401. The lowest BCUT2D eigenvalue weighted by Gasteiger charge is -2.30. The molecule has 1 amide bonds. The molecule has 5 heteroatoms. The largest absolute Gasteiger partial charge is 0.399 e. The lowest BCUT2D eigenvalue weighted by molar-refractivity contribution is -0.118. The maximum absolute atomic E-state index is 12.1. The number of carbonyl (C=O) groups is 1. The highest BCUT2D eigenvalue weighted by atomic mass is 35.5. The number of halogens is 1. The summed E-state index contributed by atoms with van der Waals surface area (Å²) in [5.41, 5.74) is 6.92. The predicted octanol–water partition coefficient (Wildman–Crippen LogP) is 2.74. The second kappa shape index (κ2) is 5.39. The third-order valence-electron chi connectivity index (χ3n) is 3.67. The van der Waals surface area contributed by atoms with Crippen molar-refractivity contribution in [1.82, 2.24) is 4.90 Å². The molecule has 4 nitrogen and oxygen atoms in total. The molecule has 0 atom stereocenters. The van der Waals surface area contributed by atoms with Crippen LogP contribution in [-0.4, -0.2) is 29.4 Å². The van der Waals surface area contributed by atoms with Crippen molar-refractivity contribution in [2.75, 3.05) is 24.1 Å². The molecule has 1 fully saturated rings. The van der Waals surface area contributed by atoms with Gasteiger partial charge in [0, 0.05) is 11.2 Å². The van der Waals surface area contributed by atoms with Crippen LogP contribution in [0.1, 0.15) is 26.7 Å². The monoisotopic (exact) mass is 281 g/mol. The zero-order chi connectivity index (χ0) is 14.0. The van der Waals surface area contributed by atoms with Crippen LogP contribution in [0.3, 0.4) is 0 Å². The van der Waals surface area contributed by atoms with Gasteiger partial charge in [0.05, 0.1) is 17.3 Å². The van der Waals surface area contributed by atoms with Crippen LogP contribution >= 0.6 is 11.6 Å². The lowest BCUT2D eigenvalue weighted by Crippen LogP contribution is -2.42. The number of benzene rings is 1. The topological polar surface area (TPSA) is 58.4 Å². The number of nitrogens with one attached hydrogen (secondary N) is 1. The second-order valence-corrected chi connectivity index (χ2v) is 6.03. The molecule has 104 valence electrons. The lowest BCUT2D eigenvalue weighted by atomic mass is 10.0. The molecule has 19 heavy (non-hydrogen) atoms. The van der Waals surface area contributed by atoms with Crippen molar-refractivity contribution in [1.29, 1.82) is 0 Å². The first-order valence-corrected chi connectivity index (χ1v) is 6.86. The van der Waals surface area contributed by atoms with Gasteiger partial charge in [0.1, 0.15) is 0 Å². The van der Waals surface area contributed by atoms with Crippen LogP contribution in [0.2, 0.25) is 5.02 Å². The van der Waals surface area contributed by atoms with E-state index in [9.17, 15) is 4.79 Å². The molecule has 0 spiro atoms. The number of nitrogens with zero attached hydrogens (tertiary/aromatic N) is 1. The predicted molar refractivity (Wildman–Crippen MR) is 79.4 cm³/mol. The Morgan fingerprint density at radius 1 is 1.53 bits per heavy atom. The molecule has 0 bridgehead atoms. The molecular formula is C14H20ClN3O. The van der Waals surface area contributed by atoms with E-state index in [4.69, 9.17) is 17.3 Å². The van der Waals surface area contributed by atoms with Crippen LogP contribution in [0.25, 0.3) is 0 Å². The summed E-state index contributed by atoms with van der Waals surface area (Å²) < 4.78 is 0. The fourth-order valence-corrected chi connectivity index (χ4v) is 2.69. The number of hydrogen-bond acceptors (Lipinski definition) is 3. The van der Waals surface area contributed by atoms with Gasteiger partial charge in [-0.1, -0.05) is 11.6 Å².